The maximum Gasteiger partial charge on any atom is 0.220 e. The predicted octanol–water partition coefficient (Wildman–Crippen LogP) is 4.08. The molecular formula is C16H19NOS. The Hall–Kier alpha value is -1.61. The van der Waals surface area contributed by atoms with E-state index in [0.717, 1.165) is 0 Å². The van der Waals surface area contributed by atoms with Crippen LogP contribution in [0.3, 0.4) is 0 Å². The van der Waals surface area contributed by atoms with Crippen molar-refractivity contribution in [3.05, 3.63) is 47.3 Å². The van der Waals surface area contributed by atoms with E-state index in [0.29, 0.717) is 18.9 Å². The molecule has 1 aromatic carbocycles. The van der Waals surface area contributed by atoms with Crippen LogP contribution in [-0.4, -0.2) is 5.91 Å². The zero-order valence-electron chi connectivity index (χ0n) is 11.3. The van der Waals surface area contributed by atoms with E-state index >= 15 is 0 Å². The number of carbonyl (C=O) groups excluding carboxylic acids is 1. The van der Waals surface area contributed by atoms with E-state index in [1.165, 1.54) is 15.3 Å². The molecule has 0 saturated heterocycles. The smallest absolute Gasteiger partial charge is 0.220 e. The molecule has 0 spiro atoms. The van der Waals surface area contributed by atoms with Gasteiger partial charge >= 0.3 is 0 Å². The van der Waals surface area contributed by atoms with Crippen molar-refractivity contribution in [2.75, 3.05) is 0 Å². The molecule has 0 bridgehead atoms. The van der Waals surface area contributed by atoms with Crippen molar-refractivity contribution in [1.29, 1.82) is 0 Å². The molecule has 2 aromatic rings. The largest absolute Gasteiger partial charge is 0.351 e. The second-order valence-electron chi connectivity index (χ2n) is 5.01. The summed E-state index contributed by atoms with van der Waals surface area (Å²) in [6.07, 6.45) is 0.594. The van der Waals surface area contributed by atoms with Gasteiger partial charge in [-0.25, -0.2) is 0 Å². The second-order valence-corrected chi connectivity index (χ2v) is 6.18. The number of hydrogen-bond donors (Lipinski definition) is 1. The van der Waals surface area contributed by atoms with Gasteiger partial charge in [-0.2, -0.15) is 0 Å². The summed E-state index contributed by atoms with van der Waals surface area (Å²) in [5.74, 6) is 0.535. The molecule has 0 fully saturated rings. The number of nitrogens with one attached hydrogen (secondary N) is 1. The minimum absolute atomic E-state index is 0.129. The van der Waals surface area contributed by atoms with Gasteiger partial charge in [0.1, 0.15) is 0 Å². The average Bonchev–Trinajstić information content (AvgIpc) is 2.85. The highest BCUT2D eigenvalue weighted by atomic mass is 32.1. The van der Waals surface area contributed by atoms with Crippen molar-refractivity contribution in [2.45, 2.75) is 26.8 Å². The van der Waals surface area contributed by atoms with E-state index in [4.69, 9.17) is 0 Å². The summed E-state index contributed by atoms with van der Waals surface area (Å²) in [5, 5.41) is 2.97. The van der Waals surface area contributed by atoms with Crippen LogP contribution in [0.15, 0.2) is 42.5 Å². The van der Waals surface area contributed by atoms with Gasteiger partial charge in [0.05, 0.1) is 6.54 Å². The van der Waals surface area contributed by atoms with Crippen molar-refractivity contribution in [1.82, 2.24) is 5.32 Å². The fourth-order valence-electron chi connectivity index (χ4n) is 1.86. The first-order valence-corrected chi connectivity index (χ1v) is 7.37. The molecule has 1 amide bonds. The molecule has 0 saturated carbocycles. The minimum Gasteiger partial charge on any atom is -0.351 e. The van der Waals surface area contributed by atoms with Crippen LogP contribution >= 0.6 is 11.3 Å². The Morgan fingerprint density at radius 1 is 1.16 bits per heavy atom. The van der Waals surface area contributed by atoms with Gasteiger partial charge in [-0.1, -0.05) is 44.2 Å². The summed E-state index contributed by atoms with van der Waals surface area (Å²) >= 11 is 1.73. The standard InChI is InChI=1S/C16H19NOS/c1-12(2)10-16(18)17-11-14-8-9-15(19-14)13-6-4-3-5-7-13/h3-9,12H,10-11H2,1-2H3,(H,17,18). The predicted molar refractivity (Wildman–Crippen MR) is 81.1 cm³/mol. The summed E-state index contributed by atoms with van der Waals surface area (Å²) in [6.45, 7) is 4.74. The Bertz CT molecular complexity index is 531. The highest BCUT2D eigenvalue weighted by molar-refractivity contribution is 7.15. The fourth-order valence-corrected chi connectivity index (χ4v) is 2.81. The van der Waals surface area contributed by atoms with Gasteiger partial charge in [0.25, 0.3) is 0 Å². The molecule has 0 radical (unpaired) electrons. The molecule has 1 N–H and O–H groups in total. The third-order valence-electron chi connectivity index (χ3n) is 2.77. The zero-order valence-corrected chi connectivity index (χ0v) is 12.2. The SMILES string of the molecule is CC(C)CC(=O)NCc1ccc(-c2ccccc2)s1. The van der Waals surface area contributed by atoms with Gasteiger partial charge in [-0.05, 0) is 23.6 Å². The number of benzene rings is 1. The summed E-state index contributed by atoms with van der Waals surface area (Å²) in [4.78, 5) is 14.0. The quantitative estimate of drug-likeness (QED) is 0.874. The van der Waals surface area contributed by atoms with Crippen LogP contribution in [0.2, 0.25) is 0 Å². The van der Waals surface area contributed by atoms with Crippen molar-refractivity contribution >= 4 is 17.2 Å². The number of carbonyl (C=O) groups is 1. The van der Waals surface area contributed by atoms with Crippen molar-refractivity contribution < 1.29 is 4.79 Å². The highest BCUT2D eigenvalue weighted by Gasteiger charge is 2.06. The Kier molecular flexibility index (Phi) is 4.74. The molecule has 0 unspecified atom stereocenters. The molecule has 0 atom stereocenters. The average molecular weight is 273 g/mol. The van der Waals surface area contributed by atoms with E-state index < -0.39 is 0 Å². The van der Waals surface area contributed by atoms with E-state index in [-0.39, 0.29) is 5.91 Å². The molecule has 0 aliphatic heterocycles. The molecular weight excluding hydrogens is 254 g/mol. The van der Waals surface area contributed by atoms with Crippen LogP contribution in [0.25, 0.3) is 10.4 Å². The van der Waals surface area contributed by atoms with E-state index in [1.807, 2.05) is 18.2 Å². The molecule has 2 nitrogen and oxygen atoms in total. The van der Waals surface area contributed by atoms with Crippen LogP contribution in [-0.2, 0) is 11.3 Å². The number of hydrogen-bond acceptors (Lipinski definition) is 2. The van der Waals surface area contributed by atoms with Crippen LogP contribution in [0.4, 0.5) is 0 Å². The summed E-state index contributed by atoms with van der Waals surface area (Å²) in [6, 6.07) is 14.5. The van der Waals surface area contributed by atoms with Gasteiger partial charge in [-0.3, -0.25) is 4.79 Å². The van der Waals surface area contributed by atoms with E-state index in [9.17, 15) is 4.79 Å². The van der Waals surface area contributed by atoms with Crippen LogP contribution < -0.4 is 5.32 Å². The van der Waals surface area contributed by atoms with Gasteiger partial charge in [0.2, 0.25) is 5.91 Å². The molecule has 0 aliphatic rings. The minimum atomic E-state index is 0.129. The molecule has 1 heterocycles. The fraction of sp³-hybridized carbons (Fsp3) is 0.312. The van der Waals surface area contributed by atoms with Gasteiger partial charge in [-0.15, -0.1) is 11.3 Å². The number of rotatable bonds is 5. The lowest BCUT2D eigenvalue weighted by Gasteiger charge is -2.05. The topological polar surface area (TPSA) is 29.1 Å². The van der Waals surface area contributed by atoms with E-state index in [2.05, 4.69) is 43.4 Å². The van der Waals surface area contributed by atoms with Gasteiger partial charge in [0.15, 0.2) is 0 Å². The lowest BCUT2D eigenvalue weighted by molar-refractivity contribution is -0.121. The highest BCUT2D eigenvalue weighted by Crippen LogP contribution is 2.27. The zero-order chi connectivity index (χ0) is 13.7. The third-order valence-corrected chi connectivity index (χ3v) is 3.91. The Morgan fingerprint density at radius 3 is 2.58 bits per heavy atom. The van der Waals surface area contributed by atoms with Crippen molar-refractivity contribution in [3.8, 4) is 10.4 Å². The van der Waals surface area contributed by atoms with Crippen LogP contribution in [0, 0.1) is 5.92 Å². The normalized spacial score (nSPS) is 10.7. The molecule has 19 heavy (non-hydrogen) atoms. The summed E-state index contributed by atoms with van der Waals surface area (Å²) < 4.78 is 0. The Morgan fingerprint density at radius 2 is 1.89 bits per heavy atom. The number of thiophene rings is 1. The lowest BCUT2D eigenvalue weighted by atomic mass is 10.1. The Balaban J connectivity index is 1.93. The summed E-state index contributed by atoms with van der Waals surface area (Å²) in [7, 11) is 0. The first kappa shape index (κ1) is 13.8. The van der Waals surface area contributed by atoms with Crippen LogP contribution in [0.5, 0.6) is 0 Å². The molecule has 100 valence electrons. The van der Waals surface area contributed by atoms with Gasteiger partial charge in [0, 0.05) is 16.2 Å². The first-order chi connectivity index (χ1) is 9.15. The van der Waals surface area contributed by atoms with E-state index in [1.54, 1.807) is 11.3 Å². The lowest BCUT2D eigenvalue weighted by Crippen LogP contribution is -2.23. The van der Waals surface area contributed by atoms with Crippen LogP contribution in [0.1, 0.15) is 25.1 Å². The first-order valence-electron chi connectivity index (χ1n) is 6.56. The second kappa shape index (κ2) is 6.53. The van der Waals surface area contributed by atoms with Crippen molar-refractivity contribution in [2.24, 2.45) is 5.92 Å². The van der Waals surface area contributed by atoms with Crippen molar-refractivity contribution in [3.63, 3.8) is 0 Å². The summed E-state index contributed by atoms with van der Waals surface area (Å²) in [5.41, 5.74) is 1.23. The number of amides is 1. The maximum atomic E-state index is 11.6. The molecule has 1 aromatic heterocycles. The third kappa shape index (κ3) is 4.21. The maximum absolute atomic E-state index is 11.6. The molecule has 3 heteroatoms. The Labute approximate surface area is 118 Å². The van der Waals surface area contributed by atoms with Gasteiger partial charge < -0.3 is 5.32 Å². The molecule has 0 aliphatic carbocycles. The molecule has 2 rings (SSSR count). The monoisotopic (exact) mass is 273 g/mol.